The molecule has 3 atom stereocenters. The summed E-state index contributed by atoms with van der Waals surface area (Å²) in [4.78, 5) is 19.3. The minimum Gasteiger partial charge on any atom is -0.334 e. The zero-order chi connectivity index (χ0) is 15.4. The van der Waals surface area contributed by atoms with Gasteiger partial charge in [0.2, 0.25) is 0 Å². The van der Waals surface area contributed by atoms with Crippen molar-refractivity contribution in [2.24, 2.45) is 16.6 Å². The maximum atomic E-state index is 12.8. The topological polar surface area (TPSA) is 59.2 Å². The van der Waals surface area contributed by atoms with Gasteiger partial charge in [0.25, 0.3) is 5.91 Å². The molecule has 1 saturated carbocycles. The number of hydrogen-bond acceptors (Lipinski definition) is 4. The van der Waals surface area contributed by atoms with Crippen LogP contribution in [0.4, 0.5) is 0 Å². The lowest BCUT2D eigenvalue weighted by atomic mass is 9.65. The summed E-state index contributed by atoms with van der Waals surface area (Å²) in [6.07, 6.45) is 3.42. The average molecular weight is 307 g/mol. The molecule has 1 saturated heterocycles. The molecule has 0 spiro atoms. The highest BCUT2D eigenvalue weighted by Gasteiger charge is 2.51. The molecule has 2 heterocycles. The van der Waals surface area contributed by atoms with Gasteiger partial charge in [-0.25, -0.2) is 4.98 Å². The van der Waals surface area contributed by atoms with Crippen molar-refractivity contribution in [2.75, 3.05) is 6.54 Å². The van der Waals surface area contributed by atoms with Gasteiger partial charge in [-0.05, 0) is 37.0 Å². The van der Waals surface area contributed by atoms with E-state index in [2.05, 4.69) is 30.7 Å². The standard InChI is InChI=1S/C16H25N3OS/c1-10(17)13-18-12(7-21-13)14(20)19-9-16(4)6-11(19)5-15(2,3)8-16/h7,10-11H,5-6,8-9,17H2,1-4H3. The molecule has 2 bridgehead atoms. The van der Waals surface area contributed by atoms with E-state index in [1.54, 1.807) is 0 Å². The van der Waals surface area contributed by atoms with Crippen LogP contribution in [0, 0.1) is 10.8 Å². The first kappa shape index (κ1) is 15.0. The Morgan fingerprint density at radius 2 is 2.19 bits per heavy atom. The summed E-state index contributed by atoms with van der Waals surface area (Å²) in [6, 6.07) is 0.262. The molecule has 2 fully saturated rings. The Hall–Kier alpha value is -0.940. The number of hydrogen-bond donors (Lipinski definition) is 1. The van der Waals surface area contributed by atoms with Crippen molar-refractivity contribution in [3.05, 3.63) is 16.1 Å². The van der Waals surface area contributed by atoms with E-state index in [1.807, 2.05) is 12.3 Å². The normalized spacial score (nSPS) is 32.2. The van der Waals surface area contributed by atoms with Crippen LogP contribution in [-0.2, 0) is 0 Å². The number of rotatable bonds is 2. The number of thiazole rings is 1. The smallest absolute Gasteiger partial charge is 0.273 e. The monoisotopic (exact) mass is 307 g/mol. The van der Waals surface area contributed by atoms with E-state index in [0.29, 0.717) is 17.2 Å². The molecule has 0 radical (unpaired) electrons. The van der Waals surface area contributed by atoms with E-state index in [-0.39, 0.29) is 17.4 Å². The third-order valence-electron chi connectivity index (χ3n) is 4.81. The van der Waals surface area contributed by atoms with Crippen LogP contribution >= 0.6 is 11.3 Å². The molecule has 1 aromatic rings. The molecule has 1 amide bonds. The number of likely N-dealkylation sites (tertiary alicyclic amines) is 1. The van der Waals surface area contributed by atoms with E-state index in [1.165, 1.54) is 17.8 Å². The van der Waals surface area contributed by atoms with Gasteiger partial charge in [-0.1, -0.05) is 20.8 Å². The summed E-state index contributed by atoms with van der Waals surface area (Å²) in [5.41, 5.74) is 7.01. The molecule has 4 nitrogen and oxygen atoms in total. The number of amides is 1. The van der Waals surface area contributed by atoms with Crippen molar-refractivity contribution in [2.45, 2.75) is 59.0 Å². The lowest BCUT2D eigenvalue weighted by molar-refractivity contribution is 0.0703. The van der Waals surface area contributed by atoms with Crippen molar-refractivity contribution >= 4 is 17.2 Å². The molecule has 1 aliphatic heterocycles. The van der Waals surface area contributed by atoms with Gasteiger partial charge in [-0.3, -0.25) is 4.79 Å². The summed E-state index contributed by atoms with van der Waals surface area (Å²) in [5, 5.41) is 2.70. The van der Waals surface area contributed by atoms with Crippen LogP contribution < -0.4 is 5.73 Å². The Morgan fingerprint density at radius 1 is 1.48 bits per heavy atom. The number of nitrogens with zero attached hydrogens (tertiary/aromatic N) is 2. The molecule has 3 unspecified atom stereocenters. The lowest BCUT2D eigenvalue weighted by Gasteiger charge is -2.39. The molecule has 2 N–H and O–H groups in total. The fourth-order valence-electron chi connectivity index (χ4n) is 4.44. The Bertz CT molecular complexity index is 566. The second-order valence-corrected chi connectivity index (χ2v) is 8.90. The average Bonchev–Trinajstić information content (AvgIpc) is 2.90. The largest absolute Gasteiger partial charge is 0.334 e. The molecule has 116 valence electrons. The fraction of sp³-hybridized carbons (Fsp3) is 0.750. The van der Waals surface area contributed by atoms with E-state index in [9.17, 15) is 4.79 Å². The molecule has 1 aliphatic carbocycles. The van der Waals surface area contributed by atoms with E-state index in [0.717, 1.165) is 24.4 Å². The molecular weight excluding hydrogens is 282 g/mol. The third-order valence-corrected chi connectivity index (χ3v) is 5.85. The first-order valence-electron chi connectivity index (χ1n) is 7.71. The zero-order valence-electron chi connectivity index (χ0n) is 13.3. The van der Waals surface area contributed by atoms with Crippen molar-refractivity contribution in [1.82, 2.24) is 9.88 Å². The van der Waals surface area contributed by atoms with Gasteiger partial charge in [-0.2, -0.15) is 0 Å². The van der Waals surface area contributed by atoms with Crippen LogP contribution in [-0.4, -0.2) is 28.4 Å². The maximum absolute atomic E-state index is 12.8. The molecule has 0 aromatic carbocycles. The molecule has 2 aliphatic rings. The van der Waals surface area contributed by atoms with Gasteiger partial charge in [0, 0.05) is 18.0 Å². The minimum atomic E-state index is -0.106. The van der Waals surface area contributed by atoms with Crippen LogP contribution in [0.1, 0.15) is 68.5 Å². The molecule has 5 heteroatoms. The van der Waals surface area contributed by atoms with Crippen LogP contribution in [0.5, 0.6) is 0 Å². The van der Waals surface area contributed by atoms with Crippen molar-refractivity contribution < 1.29 is 4.79 Å². The summed E-state index contributed by atoms with van der Waals surface area (Å²) in [6.45, 7) is 9.73. The Labute approximate surface area is 130 Å². The molecular formula is C16H25N3OS. The highest BCUT2D eigenvalue weighted by Crippen LogP contribution is 2.52. The lowest BCUT2D eigenvalue weighted by Crippen LogP contribution is -2.37. The highest BCUT2D eigenvalue weighted by atomic mass is 32.1. The number of aromatic nitrogens is 1. The number of carbonyl (C=O) groups excluding carboxylic acids is 1. The van der Waals surface area contributed by atoms with E-state index in [4.69, 9.17) is 5.73 Å². The summed E-state index contributed by atoms with van der Waals surface area (Å²) in [7, 11) is 0. The van der Waals surface area contributed by atoms with Gasteiger partial charge in [0.15, 0.2) is 0 Å². The van der Waals surface area contributed by atoms with Gasteiger partial charge < -0.3 is 10.6 Å². The molecule has 3 rings (SSSR count). The molecule has 21 heavy (non-hydrogen) atoms. The van der Waals surface area contributed by atoms with Gasteiger partial charge in [-0.15, -0.1) is 11.3 Å². The number of carbonyl (C=O) groups is 1. The van der Waals surface area contributed by atoms with Crippen LogP contribution in [0.15, 0.2) is 5.38 Å². The van der Waals surface area contributed by atoms with Crippen LogP contribution in [0.2, 0.25) is 0 Å². The van der Waals surface area contributed by atoms with Crippen molar-refractivity contribution in [1.29, 1.82) is 0 Å². The summed E-state index contributed by atoms with van der Waals surface area (Å²) >= 11 is 1.49. The van der Waals surface area contributed by atoms with Crippen LogP contribution in [0.25, 0.3) is 0 Å². The Morgan fingerprint density at radius 3 is 2.81 bits per heavy atom. The minimum absolute atomic E-state index is 0.0876. The summed E-state index contributed by atoms with van der Waals surface area (Å²) < 4.78 is 0. The fourth-order valence-corrected chi connectivity index (χ4v) is 5.19. The van der Waals surface area contributed by atoms with E-state index < -0.39 is 0 Å². The van der Waals surface area contributed by atoms with Gasteiger partial charge >= 0.3 is 0 Å². The first-order chi connectivity index (χ1) is 9.69. The first-order valence-corrected chi connectivity index (χ1v) is 8.59. The predicted octanol–water partition coefficient (Wildman–Crippen LogP) is 3.20. The van der Waals surface area contributed by atoms with Crippen molar-refractivity contribution in [3.63, 3.8) is 0 Å². The Balaban J connectivity index is 1.82. The molecule has 1 aromatic heterocycles. The van der Waals surface area contributed by atoms with Gasteiger partial charge in [0.05, 0.1) is 6.04 Å². The quantitative estimate of drug-likeness (QED) is 0.912. The maximum Gasteiger partial charge on any atom is 0.273 e. The highest BCUT2D eigenvalue weighted by molar-refractivity contribution is 7.09. The van der Waals surface area contributed by atoms with Crippen LogP contribution in [0.3, 0.4) is 0 Å². The second-order valence-electron chi connectivity index (χ2n) is 8.01. The Kier molecular flexibility index (Phi) is 3.41. The van der Waals surface area contributed by atoms with Crippen molar-refractivity contribution in [3.8, 4) is 0 Å². The third kappa shape index (κ3) is 2.73. The zero-order valence-corrected chi connectivity index (χ0v) is 14.2. The number of fused-ring (bicyclic) bond motifs is 2. The SMILES string of the molecule is CC(N)c1nc(C(=O)N2CC3(C)CC2CC(C)(C)C3)cs1. The van der Waals surface area contributed by atoms with E-state index >= 15 is 0 Å². The predicted molar refractivity (Wildman–Crippen MR) is 85.3 cm³/mol. The number of nitrogens with two attached hydrogens (primary N) is 1. The van der Waals surface area contributed by atoms with Gasteiger partial charge in [0.1, 0.15) is 10.7 Å². The second kappa shape index (κ2) is 4.78. The summed E-state index contributed by atoms with van der Waals surface area (Å²) in [5.74, 6) is 0.0876.